The van der Waals surface area contributed by atoms with E-state index in [2.05, 4.69) is 4.74 Å². The van der Waals surface area contributed by atoms with Gasteiger partial charge in [-0.05, 0) is 26.2 Å². The summed E-state index contributed by atoms with van der Waals surface area (Å²) in [6.45, 7) is 6.77. The minimum Gasteiger partial charge on any atom is -0.392 e. The second kappa shape index (κ2) is 5.96. The second-order valence-electron chi connectivity index (χ2n) is 5.02. The van der Waals surface area contributed by atoms with E-state index in [4.69, 9.17) is 5.73 Å². The molecule has 0 rings (SSSR count). The molecule has 0 unspecified atom stereocenters. The lowest BCUT2D eigenvalue weighted by Gasteiger charge is -2.16. The minimum atomic E-state index is -1.18. The molecule has 0 amide bonds. The van der Waals surface area contributed by atoms with Gasteiger partial charge in [0.25, 0.3) is 0 Å². The van der Waals surface area contributed by atoms with Crippen LogP contribution < -0.4 is 5.73 Å². The van der Waals surface area contributed by atoms with Gasteiger partial charge in [-0.25, -0.2) is 4.79 Å². The highest BCUT2D eigenvalue weighted by Crippen LogP contribution is 2.09. The molecule has 0 aliphatic carbocycles. The van der Waals surface area contributed by atoms with Gasteiger partial charge >= 0.3 is 11.9 Å². The monoisotopic (exact) mass is 231 g/mol. The van der Waals surface area contributed by atoms with Crippen molar-refractivity contribution in [2.24, 2.45) is 11.7 Å². The molecule has 0 aromatic rings. The zero-order valence-electron chi connectivity index (χ0n) is 10.3. The smallest absolute Gasteiger partial charge is 0.330 e. The lowest BCUT2D eigenvalue weighted by Crippen LogP contribution is -2.36. The third-order valence-electron chi connectivity index (χ3n) is 1.82. The van der Waals surface area contributed by atoms with Crippen LogP contribution in [0, 0.1) is 5.92 Å². The Labute approximate surface area is 96.0 Å². The van der Waals surface area contributed by atoms with Gasteiger partial charge < -0.3 is 15.6 Å². The van der Waals surface area contributed by atoms with Crippen molar-refractivity contribution in [2.75, 3.05) is 0 Å². The molecule has 0 saturated heterocycles. The summed E-state index contributed by atoms with van der Waals surface area (Å²) < 4.78 is 4.53. The molecule has 0 aromatic heterocycles. The maximum atomic E-state index is 11.3. The number of hydrogen-bond donors (Lipinski definition) is 2. The van der Waals surface area contributed by atoms with Gasteiger partial charge in [0.2, 0.25) is 0 Å². The van der Waals surface area contributed by atoms with E-state index in [0.717, 1.165) is 0 Å². The first-order chi connectivity index (χ1) is 7.11. The first-order valence-electron chi connectivity index (χ1n) is 5.34. The molecule has 0 bridgehead atoms. The van der Waals surface area contributed by atoms with E-state index >= 15 is 0 Å². The van der Waals surface area contributed by atoms with Crippen LogP contribution in [0.15, 0.2) is 0 Å². The summed E-state index contributed by atoms with van der Waals surface area (Å²) in [6.07, 6.45) is 0.238. The normalized spacial score (nSPS) is 13.7. The number of esters is 2. The van der Waals surface area contributed by atoms with Crippen molar-refractivity contribution in [2.45, 2.75) is 52.2 Å². The van der Waals surface area contributed by atoms with E-state index in [0.29, 0.717) is 6.42 Å². The average Bonchev–Trinajstić information content (AvgIpc) is 1.98. The van der Waals surface area contributed by atoms with Crippen LogP contribution in [0.4, 0.5) is 0 Å². The van der Waals surface area contributed by atoms with E-state index in [1.54, 1.807) is 0 Å². The van der Waals surface area contributed by atoms with Crippen LogP contribution >= 0.6 is 0 Å². The molecule has 0 aromatic carbocycles. The van der Waals surface area contributed by atoms with Crippen LogP contribution in [0.2, 0.25) is 0 Å². The van der Waals surface area contributed by atoms with Crippen LogP contribution in [-0.2, 0) is 14.3 Å². The molecule has 5 nitrogen and oxygen atoms in total. The third-order valence-corrected chi connectivity index (χ3v) is 1.82. The van der Waals surface area contributed by atoms with E-state index in [9.17, 15) is 14.7 Å². The summed E-state index contributed by atoms with van der Waals surface area (Å²) in [6, 6.07) is -0.786. The summed E-state index contributed by atoms with van der Waals surface area (Å²) in [5.74, 6) is -1.23. The van der Waals surface area contributed by atoms with Gasteiger partial charge in [-0.15, -0.1) is 0 Å². The number of carbonyl (C=O) groups excluding carboxylic acids is 2. The number of rotatable bonds is 5. The van der Waals surface area contributed by atoms with Gasteiger partial charge in [0.15, 0.2) is 0 Å². The highest BCUT2D eigenvalue weighted by Gasteiger charge is 2.24. The number of ether oxygens (including phenoxy) is 1. The third kappa shape index (κ3) is 7.36. The lowest BCUT2D eigenvalue weighted by atomic mass is 10.0. The lowest BCUT2D eigenvalue weighted by molar-refractivity contribution is -0.163. The SMILES string of the molecule is CC(C)C[C@H](N)C(=O)OC(=O)CC(C)(C)O. The van der Waals surface area contributed by atoms with Crippen molar-refractivity contribution in [1.29, 1.82) is 0 Å². The fraction of sp³-hybridized carbons (Fsp3) is 0.818. The molecule has 5 heteroatoms. The standard InChI is InChI=1S/C11H21NO4/c1-7(2)5-8(12)10(14)16-9(13)6-11(3,4)15/h7-8,15H,5-6,12H2,1-4H3/t8-/m0/s1. The van der Waals surface area contributed by atoms with Crippen molar-refractivity contribution in [3.8, 4) is 0 Å². The predicted molar refractivity (Wildman–Crippen MR) is 59.4 cm³/mol. The fourth-order valence-electron chi connectivity index (χ4n) is 1.18. The van der Waals surface area contributed by atoms with Gasteiger partial charge in [0, 0.05) is 0 Å². The molecule has 3 N–H and O–H groups in total. The fourth-order valence-corrected chi connectivity index (χ4v) is 1.18. The Hall–Kier alpha value is -0.940. The van der Waals surface area contributed by atoms with E-state index < -0.39 is 23.6 Å². The molecule has 0 saturated carbocycles. The van der Waals surface area contributed by atoms with Gasteiger partial charge in [0.1, 0.15) is 6.04 Å². The van der Waals surface area contributed by atoms with Crippen molar-refractivity contribution >= 4 is 11.9 Å². The second-order valence-corrected chi connectivity index (χ2v) is 5.02. The molecule has 0 heterocycles. The van der Waals surface area contributed by atoms with Crippen molar-refractivity contribution < 1.29 is 19.4 Å². The molecular formula is C11H21NO4. The molecule has 0 radical (unpaired) electrons. The van der Waals surface area contributed by atoms with E-state index in [1.165, 1.54) is 13.8 Å². The topological polar surface area (TPSA) is 89.6 Å². The summed E-state index contributed by atoms with van der Waals surface area (Å²) in [4.78, 5) is 22.5. The Bertz CT molecular complexity index is 255. The van der Waals surface area contributed by atoms with Crippen molar-refractivity contribution in [3.05, 3.63) is 0 Å². The van der Waals surface area contributed by atoms with Gasteiger partial charge in [-0.1, -0.05) is 13.8 Å². The van der Waals surface area contributed by atoms with Crippen LogP contribution in [0.25, 0.3) is 0 Å². The summed E-state index contributed by atoms with van der Waals surface area (Å²) in [7, 11) is 0. The van der Waals surface area contributed by atoms with E-state index in [1.807, 2.05) is 13.8 Å². The number of hydrogen-bond acceptors (Lipinski definition) is 5. The highest BCUT2D eigenvalue weighted by molar-refractivity contribution is 5.88. The largest absolute Gasteiger partial charge is 0.392 e. The van der Waals surface area contributed by atoms with Crippen molar-refractivity contribution in [3.63, 3.8) is 0 Å². The minimum absolute atomic E-state index is 0.229. The molecule has 16 heavy (non-hydrogen) atoms. The number of carbonyl (C=O) groups is 2. The Kier molecular flexibility index (Phi) is 5.61. The number of aliphatic hydroxyl groups is 1. The summed E-state index contributed by atoms with van der Waals surface area (Å²) in [5.41, 5.74) is 4.36. The first kappa shape index (κ1) is 15.1. The maximum Gasteiger partial charge on any atom is 0.330 e. The Morgan fingerprint density at radius 3 is 2.25 bits per heavy atom. The molecule has 0 fully saturated rings. The zero-order valence-corrected chi connectivity index (χ0v) is 10.3. The van der Waals surface area contributed by atoms with Crippen molar-refractivity contribution in [1.82, 2.24) is 0 Å². The van der Waals surface area contributed by atoms with Crippen LogP contribution in [0.3, 0.4) is 0 Å². The van der Waals surface area contributed by atoms with Gasteiger partial charge in [0.05, 0.1) is 12.0 Å². The van der Waals surface area contributed by atoms with E-state index in [-0.39, 0.29) is 12.3 Å². The Balaban J connectivity index is 4.10. The highest BCUT2D eigenvalue weighted by atomic mass is 16.6. The molecule has 0 spiro atoms. The maximum absolute atomic E-state index is 11.3. The molecule has 0 aliphatic heterocycles. The molecule has 0 aliphatic rings. The van der Waals surface area contributed by atoms with Gasteiger partial charge in [-0.3, -0.25) is 4.79 Å². The molecular weight excluding hydrogens is 210 g/mol. The van der Waals surface area contributed by atoms with Crippen LogP contribution in [0.5, 0.6) is 0 Å². The number of nitrogens with two attached hydrogens (primary N) is 1. The molecule has 1 atom stereocenters. The summed E-state index contributed by atoms with van der Waals surface area (Å²) in [5, 5.41) is 9.34. The average molecular weight is 231 g/mol. The Morgan fingerprint density at radius 2 is 1.88 bits per heavy atom. The van der Waals surface area contributed by atoms with Crippen LogP contribution in [0.1, 0.15) is 40.5 Å². The summed E-state index contributed by atoms with van der Waals surface area (Å²) >= 11 is 0. The first-order valence-corrected chi connectivity index (χ1v) is 5.34. The quantitative estimate of drug-likeness (QED) is 0.534. The predicted octanol–water partition coefficient (Wildman–Crippen LogP) is 0.591. The Morgan fingerprint density at radius 1 is 1.38 bits per heavy atom. The van der Waals surface area contributed by atoms with Gasteiger partial charge in [-0.2, -0.15) is 0 Å². The zero-order chi connectivity index (χ0) is 12.9. The van der Waals surface area contributed by atoms with Crippen LogP contribution in [-0.4, -0.2) is 28.7 Å². The molecule has 94 valence electrons.